The summed E-state index contributed by atoms with van der Waals surface area (Å²) in [6.45, 7) is 0. The van der Waals surface area contributed by atoms with Crippen molar-refractivity contribution in [2.45, 2.75) is 30.5 Å². The fourth-order valence-corrected chi connectivity index (χ4v) is 3.67. The van der Waals surface area contributed by atoms with E-state index in [9.17, 15) is 17.9 Å². The molecule has 3 rings (SSSR count). The molecule has 0 bridgehead atoms. The summed E-state index contributed by atoms with van der Waals surface area (Å²) in [6.07, 6.45) is 1.60. The summed E-state index contributed by atoms with van der Waals surface area (Å²) in [5.41, 5.74) is -1.91. The average Bonchev–Trinajstić information content (AvgIpc) is 2.92. The van der Waals surface area contributed by atoms with Crippen LogP contribution in [0.1, 0.15) is 24.8 Å². The van der Waals surface area contributed by atoms with Crippen LogP contribution >= 0.6 is 0 Å². The minimum atomic E-state index is -3.86. The standard InChI is InChI=1S/C12H14FNO4S/c13-8-1-2-9-10(5-8)18-11(3-4-11)6-12(9,15)7-19(14,16)17/h1-2,5,15H,3-4,6-7H2,(H2,14,16,17). The fraction of sp³-hybridized carbons (Fsp3) is 0.500. The minimum Gasteiger partial charge on any atom is -0.487 e. The molecule has 1 aromatic rings. The van der Waals surface area contributed by atoms with Gasteiger partial charge in [-0.25, -0.2) is 17.9 Å². The van der Waals surface area contributed by atoms with Gasteiger partial charge in [-0.05, 0) is 25.0 Å². The highest BCUT2D eigenvalue weighted by Crippen LogP contribution is 2.54. The van der Waals surface area contributed by atoms with Crippen LogP contribution in [-0.2, 0) is 15.6 Å². The Morgan fingerprint density at radius 3 is 2.68 bits per heavy atom. The summed E-state index contributed by atoms with van der Waals surface area (Å²) in [4.78, 5) is 0. The predicted molar refractivity (Wildman–Crippen MR) is 65.5 cm³/mol. The molecule has 1 fully saturated rings. The summed E-state index contributed by atoms with van der Waals surface area (Å²) in [6, 6.07) is 3.69. The SMILES string of the molecule is NS(=O)(=O)CC1(O)CC2(CC2)Oc2cc(F)ccc21. The third-order valence-electron chi connectivity index (χ3n) is 3.63. The first-order valence-electron chi connectivity index (χ1n) is 5.93. The van der Waals surface area contributed by atoms with E-state index in [0.717, 1.165) is 12.8 Å². The van der Waals surface area contributed by atoms with Crippen molar-refractivity contribution in [1.29, 1.82) is 0 Å². The van der Waals surface area contributed by atoms with Crippen molar-refractivity contribution in [2.24, 2.45) is 5.14 Å². The van der Waals surface area contributed by atoms with Gasteiger partial charge in [0.05, 0.1) is 5.75 Å². The molecule has 1 spiro atoms. The monoisotopic (exact) mass is 287 g/mol. The van der Waals surface area contributed by atoms with Gasteiger partial charge in [0, 0.05) is 18.1 Å². The van der Waals surface area contributed by atoms with E-state index in [4.69, 9.17) is 9.88 Å². The van der Waals surface area contributed by atoms with Gasteiger partial charge in [0.1, 0.15) is 22.8 Å². The maximum Gasteiger partial charge on any atom is 0.212 e. The maximum absolute atomic E-state index is 13.3. The highest BCUT2D eigenvalue weighted by atomic mass is 32.2. The smallest absolute Gasteiger partial charge is 0.212 e. The quantitative estimate of drug-likeness (QED) is 0.834. The molecule has 1 unspecified atom stereocenters. The second-order valence-electron chi connectivity index (χ2n) is 5.44. The number of nitrogens with two attached hydrogens (primary N) is 1. The van der Waals surface area contributed by atoms with E-state index < -0.39 is 32.8 Å². The maximum atomic E-state index is 13.3. The minimum absolute atomic E-state index is 0.162. The Balaban J connectivity index is 2.10. The van der Waals surface area contributed by atoms with E-state index in [1.54, 1.807) is 0 Å². The zero-order valence-corrected chi connectivity index (χ0v) is 10.9. The normalized spacial score (nSPS) is 27.7. The molecule has 1 aromatic carbocycles. The molecule has 1 aliphatic heterocycles. The first kappa shape index (κ1) is 12.8. The lowest BCUT2D eigenvalue weighted by Crippen LogP contribution is -2.45. The summed E-state index contributed by atoms with van der Waals surface area (Å²) < 4.78 is 41.6. The van der Waals surface area contributed by atoms with Crippen LogP contribution in [0.2, 0.25) is 0 Å². The summed E-state index contributed by atoms with van der Waals surface area (Å²) in [5.74, 6) is -0.881. The number of fused-ring (bicyclic) bond motifs is 1. The molecule has 1 atom stereocenters. The van der Waals surface area contributed by atoms with Crippen molar-refractivity contribution in [3.63, 3.8) is 0 Å². The highest BCUT2D eigenvalue weighted by Gasteiger charge is 2.56. The molecule has 7 heteroatoms. The van der Waals surface area contributed by atoms with E-state index in [1.165, 1.54) is 18.2 Å². The topological polar surface area (TPSA) is 89.6 Å². The Morgan fingerprint density at radius 2 is 2.11 bits per heavy atom. The van der Waals surface area contributed by atoms with Gasteiger partial charge in [-0.1, -0.05) is 0 Å². The van der Waals surface area contributed by atoms with Crippen molar-refractivity contribution in [2.75, 3.05) is 5.75 Å². The van der Waals surface area contributed by atoms with Crippen molar-refractivity contribution in [3.05, 3.63) is 29.6 Å². The molecule has 0 amide bonds. The molecule has 0 radical (unpaired) electrons. The highest BCUT2D eigenvalue weighted by molar-refractivity contribution is 7.89. The van der Waals surface area contributed by atoms with Crippen LogP contribution in [0.15, 0.2) is 18.2 Å². The second-order valence-corrected chi connectivity index (χ2v) is 7.06. The summed E-state index contributed by atoms with van der Waals surface area (Å²) in [5, 5.41) is 15.7. The van der Waals surface area contributed by atoms with Crippen molar-refractivity contribution < 1.29 is 22.7 Å². The first-order chi connectivity index (χ1) is 8.72. The molecule has 19 heavy (non-hydrogen) atoms. The average molecular weight is 287 g/mol. The number of aliphatic hydroxyl groups is 1. The van der Waals surface area contributed by atoms with Crippen LogP contribution in [0, 0.1) is 5.82 Å². The van der Waals surface area contributed by atoms with Gasteiger partial charge in [0.15, 0.2) is 0 Å². The van der Waals surface area contributed by atoms with E-state index in [2.05, 4.69) is 0 Å². The van der Waals surface area contributed by atoms with Crippen LogP contribution in [-0.4, -0.2) is 24.9 Å². The molecule has 0 aromatic heterocycles. The Kier molecular flexibility index (Phi) is 2.49. The lowest BCUT2D eigenvalue weighted by molar-refractivity contribution is -0.0231. The van der Waals surface area contributed by atoms with Gasteiger partial charge in [-0.3, -0.25) is 0 Å². The molecule has 104 valence electrons. The van der Waals surface area contributed by atoms with Crippen LogP contribution in [0.25, 0.3) is 0 Å². The number of halogens is 1. The van der Waals surface area contributed by atoms with Crippen molar-refractivity contribution in [3.8, 4) is 5.75 Å². The number of hydrogen-bond acceptors (Lipinski definition) is 4. The number of sulfonamides is 1. The van der Waals surface area contributed by atoms with Crippen LogP contribution in [0.5, 0.6) is 5.75 Å². The fourth-order valence-electron chi connectivity index (χ4n) is 2.74. The van der Waals surface area contributed by atoms with Gasteiger partial charge < -0.3 is 9.84 Å². The van der Waals surface area contributed by atoms with Gasteiger partial charge in [-0.2, -0.15) is 0 Å². The molecule has 0 saturated heterocycles. The Hall–Kier alpha value is -1.18. The number of rotatable bonds is 2. The van der Waals surface area contributed by atoms with Crippen LogP contribution < -0.4 is 9.88 Å². The predicted octanol–water partition coefficient (Wildman–Crippen LogP) is 0.617. The number of benzene rings is 1. The lowest BCUT2D eigenvalue weighted by atomic mass is 9.85. The van der Waals surface area contributed by atoms with E-state index in [-0.39, 0.29) is 17.7 Å². The zero-order chi connectivity index (χ0) is 13.9. The van der Waals surface area contributed by atoms with Gasteiger partial charge in [0.2, 0.25) is 10.0 Å². The molecule has 2 aliphatic rings. The summed E-state index contributed by atoms with van der Waals surface area (Å²) in [7, 11) is -3.86. The van der Waals surface area contributed by atoms with E-state index in [1.807, 2.05) is 0 Å². The molecule has 3 N–H and O–H groups in total. The van der Waals surface area contributed by atoms with Gasteiger partial charge >= 0.3 is 0 Å². The third kappa shape index (κ3) is 2.33. The van der Waals surface area contributed by atoms with E-state index in [0.29, 0.717) is 0 Å². The molecule has 1 aliphatic carbocycles. The number of hydrogen-bond donors (Lipinski definition) is 2. The van der Waals surface area contributed by atoms with Crippen LogP contribution in [0.3, 0.4) is 0 Å². The van der Waals surface area contributed by atoms with Gasteiger partial charge in [0.25, 0.3) is 0 Å². The van der Waals surface area contributed by atoms with Gasteiger partial charge in [-0.15, -0.1) is 0 Å². The molecule has 5 nitrogen and oxygen atoms in total. The Bertz CT molecular complexity index is 641. The Labute approximate surface area is 110 Å². The molecule has 1 heterocycles. The Morgan fingerprint density at radius 1 is 1.42 bits per heavy atom. The molecule has 1 saturated carbocycles. The van der Waals surface area contributed by atoms with E-state index >= 15 is 0 Å². The summed E-state index contributed by atoms with van der Waals surface area (Å²) >= 11 is 0. The number of ether oxygens (including phenoxy) is 1. The molecular weight excluding hydrogens is 273 g/mol. The van der Waals surface area contributed by atoms with Crippen molar-refractivity contribution >= 4 is 10.0 Å². The largest absolute Gasteiger partial charge is 0.487 e. The molecular formula is C12H14FNO4S. The zero-order valence-electron chi connectivity index (χ0n) is 10.1. The second kappa shape index (κ2) is 3.68. The third-order valence-corrected chi connectivity index (χ3v) is 4.51. The number of primary sulfonamides is 1. The van der Waals surface area contributed by atoms with Crippen molar-refractivity contribution in [1.82, 2.24) is 0 Å². The van der Waals surface area contributed by atoms with Crippen LogP contribution in [0.4, 0.5) is 4.39 Å². The first-order valence-corrected chi connectivity index (χ1v) is 7.65. The lowest BCUT2D eigenvalue weighted by Gasteiger charge is -2.38.